The molecule has 0 aliphatic heterocycles. The van der Waals surface area contributed by atoms with Gasteiger partial charge in [-0.05, 0) is 18.2 Å². The smallest absolute Gasteiger partial charge is 0.206 e. The van der Waals surface area contributed by atoms with Gasteiger partial charge in [0, 0.05) is 17.5 Å². The van der Waals surface area contributed by atoms with Crippen LogP contribution in [0.2, 0.25) is 0 Å². The van der Waals surface area contributed by atoms with Crippen molar-refractivity contribution in [2.24, 2.45) is 0 Å². The van der Waals surface area contributed by atoms with Crippen molar-refractivity contribution >= 4 is 0 Å². The molecule has 0 aliphatic carbocycles. The Morgan fingerprint density at radius 1 is 1.45 bits per heavy atom. The van der Waals surface area contributed by atoms with Gasteiger partial charge in [0.15, 0.2) is 0 Å². The third-order valence-electron chi connectivity index (χ3n) is 1.43. The van der Waals surface area contributed by atoms with Crippen LogP contribution >= 0.6 is 0 Å². The molecular weight excluding hydrogens is 142 g/mol. The Hall–Kier alpha value is -1.65. The molecule has 0 spiro atoms. The Bertz CT molecular complexity index is 333. The SMILES string of the molecule is Cc1cc(-c2nn[nH]n2)c[nH]1. The van der Waals surface area contributed by atoms with Crippen molar-refractivity contribution in [2.45, 2.75) is 6.92 Å². The molecule has 2 aromatic heterocycles. The van der Waals surface area contributed by atoms with Crippen molar-refractivity contribution in [3.63, 3.8) is 0 Å². The zero-order chi connectivity index (χ0) is 7.68. The number of hydrogen-bond acceptors (Lipinski definition) is 3. The van der Waals surface area contributed by atoms with Crippen LogP contribution in [-0.2, 0) is 0 Å². The first-order valence-corrected chi connectivity index (χ1v) is 3.25. The van der Waals surface area contributed by atoms with Gasteiger partial charge in [-0.25, -0.2) is 0 Å². The molecule has 2 rings (SSSR count). The van der Waals surface area contributed by atoms with Gasteiger partial charge in [-0.1, -0.05) is 0 Å². The molecule has 2 heterocycles. The largest absolute Gasteiger partial charge is 0.364 e. The highest BCUT2D eigenvalue weighted by Gasteiger charge is 2.02. The third kappa shape index (κ3) is 1.000. The van der Waals surface area contributed by atoms with E-state index in [0.29, 0.717) is 5.82 Å². The Morgan fingerprint density at radius 2 is 2.36 bits per heavy atom. The molecule has 0 unspecified atom stereocenters. The standard InChI is InChI=1S/C6H7N5/c1-4-2-5(3-7-4)6-8-10-11-9-6/h2-3,7H,1H3,(H,8,9,10,11). The summed E-state index contributed by atoms with van der Waals surface area (Å²) in [5.41, 5.74) is 2.04. The zero-order valence-corrected chi connectivity index (χ0v) is 6.00. The van der Waals surface area contributed by atoms with Crippen molar-refractivity contribution in [1.82, 2.24) is 25.6 Å². The molecule has 0 saturated carbocycles. The lowest BCUT2D eigenvalue weighted by Crippen LogP contribution is -1.75. The summed E-state index contributed by atoms with van der Waals surface area (Å²) in [6, 6.07) is 1.96. The number of aromatic nitrogens is 5. The molecular formula is C6H7N5. The number of tetrazole rings is 1. The first-order chi connectivity index (χ1) is 5.36. The normalized spacial score (nSPS) is 10.3. The molecule has 0 saturated heterocycles. The second-order valence-electron chi connectivity index (χ2n) is 2.31. The number of aryl methyl sites for hydroxylation is 1. The minimum absolute atomic E-state index is 0.620. The van der Waals surface area contributed by atoms with Crippen LogP contribution in [-0.4, -0.2) is 25.6 Å². The average molecular weight is 149 g/mol. The predicted molar refractivity (Wildman–Crippen MR) is 38.7 cm³/mol. The highest BCUT2D eigenvalue weighted by molar-refractivity contribution is 5.53. The van der Waals surface area contributed by atoms with Crippen LogP contribution in [0.3, 0.4) is 0 Å². The summed E-state index contributed by atoms with van der Waals surface area (Å²) in [5, 5.41) is 13.5. The predicted octanol–water partition coefficient (Wildman–Crippen LogP) is 0.503. The van der Waals surface area contributed by atoms with Gasteiger partial charge in [0.25, 0.3) is 0 Å². The van der Waals surface area contributed by atoms with Gasteiger partial charge in [-0.2, -0.15) is 5.21 Å². The topological polar surface area (TPSA) is 70.2 Å². The van der Waals surface area contributed by atoms with Gasteiger partial charge in [-0.3, -0.25) is 0 Å². The first-order valence-electron chi connectivity index (χ1n) is 3.25. The van der Waals surface area contributed by atoms with E-state index >= 15 is 0 Å². The summed E-state index contributed by atoms with van der Waals surface area (Å²) in [6.45, 7) is 1.98. The van der Waals surface area contributed by atoms with Crippen LogP contribution in [0.4, 0.5) is 0 Å². The minimum atomic E-state index is 0.620. The second-order valence-corrected chi connectivity index (χ2v) is 2.31. The summed E-state index contributed by atoms with van der Waals surface area (Å²) in [5.74, 6) is 0.620. The number of rotatable bonds is 1. The van der Waals surface area contributed by atoms with E-state index in [4.69, 9.17) is 0 Å². The Kier molecular flexibility index (Phi) is 1.21. The van der Waals surface area contributed by atoms with Crippen molar-refractivity contribution in [1.29, 1.82) is 0 Å². The molecule has 11 heavy (non-hydrogen) atoms. The molecule has 0 atom stereocenters. The van der Waals surface area contributed by atoms with Crippen molar-refractivity contribution < 1.29 is 0 Å². The maximum Gasteiger partial charge on any atom is 0.206 e. The molecule has 0 amide bonds. The number of nitrogens with one attached hydrogen (secondary N) is 2. The van der Waals surface area contributed by atoms with Gasteiger partial charge in [0.1, 0.15) is 0 Å². The molecule has 2 N–H and O–H groups in total. The third-order valence-corrected chi connectivity index (χ3v) is 1.43. The highest BCUT2D eigenvalue weighted by Crippen LogP contribution is 2.12. The summed E-state index contributed by atoms with van der Waals surface area (Å²) >= 11 is 0. The van der Waals surface area contributed by atoms with E-state index in [9.17, 15) is 0 Å². The lowest BCUT2D eigenvalue weighted by Gasteiger charge is -1.80. The Balaban J connectivity index is 2.45. The molecule has 0 aliphatic rings. The molecule has 0 radical (unpaired) electrons. The highest BCUT2D eigenvalue weighted by atomic mass is 15.5. The van der Waals surface area contributed by atoms with Crippen LogP contribution < -0.4 is 0 Å². The zero-order valence-electron chi connectivity index (χ0n) is 6.00. The minimum Gasteiger partial charge on any atom is -0.364 e. The van der Waals surface area contributed by atoms with Gasteiger partial charge in [-0.15, -0.1) is 10.2 Å². The molecule has 5 nitrogen and oxygen atoms in total. The summed E-state index contributed by atoms with van der Waals surface area (Å²) in [4.78, 5) is 3.04. The van der Waals surface area contributed by atoms with Crippen LogP contribution in [0.25, 0.3) is 11.4 Å². The lowest BCUT2D eigenvalue weighted by molar-refractivity contribution is 0.881. The quantitative estimate of drug-likeness (QED) is 0.620. The number of hydrogen-bond donors (Lipinski definition) is 2. The van der Waals surface area contributed by atoms with Crippen LogP contribution in [0.15, 0.2) is 12.3 Å². The van der Waals surface area contributed by atoms with Crippen molar-refractivity contribution in [3.05, 3.63) is 18.0 Å². The van der Waals surface area contributed by atoms with E-state index in [-0.39, 0.29) is 0 Å². The van der Waals surface area contributed by atoms with Gasteiger partial charge >= 0.3 is 0 Å². The average Bonchev–Trinajstić information content (AvgIpc) is 2.55. The monoisotopic (exact) mass is 149 g/mol. The second kappa shape index (κ2) is 2.19. The maximum atomic E-state index is 3.83. The van der Waals surface area contributed by atoms with E-state index in [1.54, 1.807) is 0 Å². The molecule has 56 valence electrons. The van der Waals surface area contributed by atoms with Crippen molar-refractivity contribution in [3.8, 4) is 11.4 Å². The Labute approximate surface area is 62.8 Å². The van der Waals surface area contributed by atoms with Crippen LogP contribution in [0.1, 0.15) is 5.69 Å². The summed E-state index contributed by atoms with van der Waals surface area (Å²) < 4.78 is 0. The number of aromatic amines is 2. The summed E-state index contributed by atoms with van der Waals surface area (Å²) in [7, 11) is 0. The maximum absolute atomic E-state index is 3.83. The van der Waals surface area contributed by atoms with Crippen molar-refractivity contribution in [2.75, 3.05) is 0 Å². The van der Waals surface area contributed by atoms with E-state index in [2.05, 4.69) is 25.6 Å². The van der Waals surface area contributed by atoms with E-state index in [0.717, 1.165) is 11.3 Å². The molecule has 2 aromatic rings. The number of nitrogens with zero attached hydrogens (tertiary/aromatic N) is 3. The van der Waals surface area contributed by atoms with Crippen LogP contribution in [0.5, 0.6) is 0 Å². The molecule has 0 aromatic carbocycles. The fraction of sp³-hybridized carbons (Fsp3) is 0.167. The summed E-state index contributed by atoms with van der Waals surface area (Å²) in [6.07, 6.45) is 1.85. The van der Waals surface area contributed by atoms with Gasteiger partial charge in [0.05, 0.1) is 0 Å². The first kappa shape index (κ1) is 6.09. The van der Waals surface area contributed by atoms with E-state index in [1.165, 1.54) is 0 Å². The fourth-order valence-electron chi connectivity index (χ4n) is 0.921. The van der Waals surface area contributed by atoms with Crippen LogP contribution in [0, 0.1) is 6.92 Å². The van der Waals surface area contributed by atoms with E-state index in [1.807, 2.05) is 19.2 Å². The Morgan fingerprint density at radius 3 is 2.91 bits per heavy atom. The fourth-order valence-corrected chi connectivity index (χ4v) is 0.921. The molecule has 0 bridgehead atoms. The lowest BCUT2D eigenvalue weighted by atomic mass is 10.3. The molecule has 0 fully saturated rings. The van der Waals surface area contributed by atoms with E-state index < -0.39 is 0 Å². The number of H-pyrrole nitrogens is 2. The molecule has 5 heteroatoms. The van der Waals surface area contributed by atoms with Gasteiger partial charge in [0.2, 0.25) is 5.82 Å². The van der Waals surface area contributed by atoms with Gasteiger partial charge < -0.3 is 4.98 Å².